The van der Waals surface area contributed by atoms with Gasteiger partial charge in [0.15, 0.2) is 0 Å². The second-order valence-electron chi connectivity index (χ2n) is 7.60. The van der Waals surface area contributed by atoms with Gasteiger partial charge in [-0.25, -0.2) is 0 Å². The van der Waals surface area contributed by atoms with Crippen molar-refractivity contribution in [1.82, 2.24) is 26.2 Å². The average Bonchev–Trinajstić information content (AvgIpc) is 3.44. The molecule has 0 aromatic heterocycles. The van der Waals surface area contributed by atoms with Crippen LogP contribution in [-0.2, 0) is 14.4 Å². The van der Waals surface area contributed by atoms with Gasteiger partial charge in [0.1, 0.15) is 6.04 Å². The molecule has 2 atom stereocenters. The third-order valence-electron chi connectivity index (χ3n) is 5.35. The Kier molecular flexibility index (Phi) is 8.01. The first-order valence-electron chi connectivity index (χ1n) is 10.5. The zero-order valence-corrected chi connectivity index (χ0v) is 17.5. The van der Waals surface area contributed by atoms with Gasteiger partial charge < -0.3 is 26.2 Å². The van der Waals surface area contributed by atoms with E-state index in [-0.39, 0.29) is 49.3 Å². The minimum absolute atomic E-state index is 0.0955. The molecule has 12 heteroatoms. The van der Waals surface area contributed by atoms with E-state index in [9.17, 15) is 19.2 Å². The third kappa shape index (κ3) is 6.19. The topological polar surface area (TPSA) is 168 Å². The second-order valence-corrected chi connectivity index (χ2v) is 7.60. The Morgan fingerprint density at radius 3 is 2.59 bits per heavy atom. The van der Waals surface area contributed by atoms with Gasteiger partial charge in [-0.2, -0.15) is 0 Å². The summed E-state index contributed by atoms with van der Waals surface area (Å²) in [6.45, 7) is 1.52. The second kappa shape index (κ2) is 11.1. The lowest BCUT2D eigenvalue weighted by molar-refractivity contribution is -0.135. The smallest absolute Gasteiger partial charge is 0.251 e. The van der Waals surface area contributed by atoms with Gasteiger partial charge in [0.25, 0.3) is 5.91 Å². The van der Waals surface area contributed by atoms with Gasteiger partial charge in [0, 0.05) is 35.8 Å². The summed E-state index contributed by atoms with van der Waals surface area (Å²) in [4.78, 5) is 53.0. The fourth-order valence-electron chi connectivity index (χ4n) is 3.65. The van der Waals surface area contributed by atoms with Crippen molar-refractivity contribution in [1.29, 1.82) is 0 Å². The average molecular weight is 442 g/mol. The molecule has 0 radical (unpaired) electrons. The summed E-state index contributed by atoms with van der Waals surface area (Å²) in [5.41, 5.74) is 9.19. The molecule has 170 valence electrons. The third-order valence-corrected chi connectivity index (χ3v) is 5.35. The van der Waals surface area contributed by atoms with Crippen LogP contribution in [0.3, 0.4) is 0 Å². The molecule has 2 aliphatic rings. The molecule has 2 aliphatic heterocycles. The Labute approximate surface area is 184 Å². The number of likely N-dealkylation sites (tertiary alicyclic amines) is 1. The number of nitrogens with zero attached hydrogens (tertiary/aromatic N) is 4. The highest BCUT2D eigenvalue weighted by molar-refractivity contribution is 5.95. The summed E-state index contributed by atoms with van der Waals surface area (Å²) in [6, 6.07) is 5.29. The molecule has 0 saturated carbocycles. The van der Waals surface area contributed by atoms with E-state index in [0.717, 1.165) is 19.4 Å². The molecule has 1 aromatic rings. The van der Waals surface area contributed by atoms with Crippen molar-refractivity contribution in [3.05, 3.63) is 40.3 Å². The Morgan fingerprint density at radius 2 is 1.91 bits per heavy atom. The van der Waals surface area contributed by atoms with Gasteiger partial charge in [-0.3, -0.25) is 19.2 Å². The number of carbonyl (C=O) groups is 4. The number of azide groups is 1. The fourth-order valence-corrected chi connectivity index (χ4v) is 3.65. The van der Waals surface area contributed by atoms with E-state index in [1.165, 1.54) is 29.2 Å². The molecule has 12 nitrogen and oxygen atoms in total. The summed E-state index contributed by atoms with van der Waals surface area (Å²) in [5, 5.41) is 14.6. The first-order chi connectivity index (χ1) is 15.5. The van der Waals surface area contributed by atoms with Crippen molar-refractivity contribution in [2.24, 2.45) is 5.11 Å². The van der Waals surface area contributed by atoms with Gasteiger partial charge in [0.05, 0.1) is 12.6 Å². The first kappa shape index (κ1) is 23.0. The molecule has 3 rings (SSSR count). The zero-order chi connectivity index (χ0) is 22.9. The Hall–Kier alpha value is -3.63. The summed E-state index contributed by atoms with van der Waals surface area (Å²) in [7, 11) is 0. The van der Waals surface area contributed by atoms with Crippen molar-refractivity contribution in [2.45, 2.75) is 31.3 Å². The molecular weight excluding hydrogens is 416 g/mol. The molecule has 0 spiro atoms. The van der Waals surface area contributed by atoms with Crippen LogP contribution in [0.2, 0.25) is 0 Å². The quantitative estimate of drug-likeness (QED) is 0.182. The van der Waals surface area contributed by atoms with Crippen molar-refractivity contribution in [2.75, 3.05) is 32.7 Å². The number of hydrogen-bond donors (Lipinski definition) is 4. The molecule has 4 N–H and O–H groups in total. The van der Waals surface area contributed by atoms with E-state index in [1.54, 1.807) is 0 Å². The molecule has 0 aliphatic carbocycles. The van der Waals surface area contributed by atoms with Crippen LogP contribution in [0.25, 0.3) is 10.4 Å². The maximum Gasteiger partial charge on any atom is 0.251 e. The summed E-state index contributed by atoms with van der Waals surface area (Å²) in [5.74, 6) is -1.09. The number of benzene rings is 1. The minimum atomic E-state index is -0.595. The maximum atomic E-state index is 12.5. The zero-order valence-electron chi connectivity index (χ0n) is 17.5. The molecule has 32 heavy (non-hydrogen) atoms. The van der Waals surface area contributed by atoms with E-state index in [4.69, 9.17) is 5.53 Å². The Morgan fingerprint density at radius 1 is 1.16 bits per heavy atom. The highest BCUT2D eigenvalue weighted by Crippen LogP contribution is 2.13. The van der Waals surface area contributed by atoms with Crippen LogP contribution in [-0.4, -0.2) is 73.3 Å². The molecule has 0 bridgehead atoms. The number of hydrogen-bond acceptors (Lipinski definition) is 6. The number of rotatable bonds is 9. The van der Waals surface area contributed by atoms with Gasteiger partial charge in [-0.1, -0.05) is 17.2 Å². The summed E-state index contributed by atoms with van der Waals surface area (Å²) >= 11 is 0. The first-order valence-corrected chi connectivity index (χ1v) is 10.5. The maximum absolute atomic E-state index is 12.5. The SMILES string of the molecule is [N-]=[N+]=Nc1ccc(C(=O)NCCNC(=O)CN2CC[C@@H](NC(=O)[C@@H]3CCCN3)C2=O)cc1. The number of amides is 4. The predicted molar refractivity (Wildman–Crippen MR) is 115 cm³/mol. The van der Waals surface area contributed by atoms with E-state index in [1.807, 2.05) is 0 Å². The highest BCUT2D eigenvalue weighted by atomic mass is 16.2. The van der Waals surface area contributed by atoms with Crippen LogP contribution in [0.1, 0.15) is 29.6 Å². The molecule has 2 heterocycles. The van der Waals surface area contributed by atoms with E-state index < -0.39 is 6.04 Å². The predicted octanol–water partition coefficient (Wildman–Crippen LogP) is -0.0565. The van der Waals surface area contributed by atoms with Crippen LogP contribution in [0.5, 0.6) is 0 Å². The molecular formula is C20H26N8O4. The summed E-state index contributed by atoms with van der Waals surface area (Å²) < 4.78 is 0. The van der Waals surface area contributed by atoms with Crippen molar-refractivity contribution < 1.29 is 19.2 Å². The lowest BCUT2D eigenvalue weighted by Crippen LogP contribution is -2.49. The molecule has 1 aromatic carbocycles. The van der Waals surface area contributed by atoms with Crippen LogP contribution >= 0.6 is 0 Å². The number of nitrogens with one attached hydrogen (secondary N) is 4. The largest absolute Gasteiger partial charge is 0.353 e. The van der Waals surface area contributed by atoms with E-state index >= 15 is 0 Å². The van der Waals surface area contributed by atoms with Crippen molar-refractivity contribution >= 4 is 29.3 Å². The normalized spacial score (nSPS) is 19.9. The lowest BCUT2D eigenvalue weighted by Gasteiger charge is -2.18. The number of carbonyl (C=O) groups excluding carboxylic acids is 4. The minimum Gasteiger partial charge on any atom is -0.353 e. The van der Waals surface area contributed by atoms with E-state index in [0.29, 0.717) is 24.2 Å². The standard InChI is InChI=1S/C20H26N8O4/c21-27-26-14-5-3-13(4-6-14)18(30)24-10-9-23-17(29)12-28-11-7-16(20(28)32)25-19(31)15-2-1-8-22-15/h3-6,15-16,22H,1-2,7-12H2,(H,23,29)(H,24,30)(H,25,31)/t15-,16+/m0/s1. The Balaban J connectivity index is 1.34. The van der Waals surface area contributed by atoms with Crippen LogP contribution in [0.4, 0.5) is 5.69 Å². The summed E-state index contributed by atoms with van der Waals surface area (Å²) in [6.07, 6.45) is 2.17. The van der Waals surface area contributed by atoms with Crippen molar-refractivity contribution in [3.63, 3.8) is 0 Å². The molecule has 2 fully saturated rings. The highest BCUT2D eigenvalue weighted by Gasteiger charge is 2.35. The lowest BCUT2D eigenvalue weighted by atomic mass is 10.2. The van der Waals surface area contributed by atoms with Gasteiger partial charge in [-0.15, -0.1) is 0 Å². The van der Waals surface area contributed by atoms with Crippen LogP contribution in [0, 0.1) is 0 Å². The van der Waals surface area contributed by atoms with Gasteiger partial charge in [0.2, 0.25) is 17.7 Å². The van der Waals surface area contributed by atoms with Crippen LogP contribution in [0.15, 0.2) is 29.4 Å². The van der Waals surface area contributed by atoms with Gasteiger partial charge in [-0.05, 0) is 43.5 Å². The molecule has 4 amide bonds. The van der Waals surface area contributed by atoms with E-state index in [2.05, 4.69) is 31.3 Å². The molecule has 0 unspecified atom stereocenters. The monoisotopic (exact) mass is 442 g/mol. The molecule has 2 saturated heterocycles. The van der Waals surface area contributed by atoms with Gasteiger partial charge >= 0.3 is 0 Å². The Bertz CT molecular complexity index is 907. The van der Waals surface area contributed by atoms with Crippen LogP contribution < -0.4 is 21.3 Å². The van der Waals surface area contributed by atoms with Crippen molar-refractivity contribution in [3.8, 4) is 0 Å². The fraction of sp³-hybridized carbons (Fsp3) is 0.500.